The Balaban J connectivity index is 1.47. The molecule has 176 valence electrons. The highest BCUT2D eigenvalue weighted by atomic mass is 35.5. The van der Waals surface area contributed by atoms with Gasteiger partial charge in [-0.05, 0) is 55.7 Å². The van der Waals surface area contributed by atoms with Crippen LogP contribution in [0.5, 0.6) is 5.75 Å². The van der Waals surface area contributed by atoms with Crippen LogP contribution in [0.3, 0.4) is 0 Å². The first-order valence-corrected chi connectivity index (χ1v) is 12.4. The first-order valence-electron chi connectivity index (χ1n) is 10.5. The average molecular weight is 494 g/mol. The van der Waals surface area contributed by atoms with E-state index in [2.05, 4.69) is 15.4 Å². The number of rotatable bonds is 7. The topological polar surface area (TPSA) is 123 Å². The van der Waals surface area contributed by atoms with E-state index in [-0.39, 0.29) is 40.6 Å². The number of halogens is 1. The van der Waals surface area contributed by atoms with Gasteiger partial charge in [0, 0.05) is 18.7 Å². The summed E-state index contributed by atoms with van der Waals surface area (Å²) in [7, 11) is -3.93. The summed E-state index contributed by atoms with van der Waals surface area (Å²) in [6, 6.07) is 8.91. The number of amides is 2. The minimum atomic E-state index is -3.93. The second kappa shape index (κ2) is 9.68. The second-order valence-electron chi connectivity index (χ2n) is 7.92. The quantitative estimate of drug-likeness (QED) is 0.545. The number of sulfonamides is 1. The van der Waals surface area contributed by atoms with Gasteiger partial charge in [-0.3, -0.25) is 9.59 Å². The van der Waals surface area contributed by atoms with Gasteiger partial charge >= 0.3 is 0 Å². The summed E-state index contributed by atoms with van der Waals surface area (Å²) in [6.07, 6.45) is 1.51. The number of hydrogen-bond acceptors (Lipinski definition) is 6. The molecule has 4 rings (SSSR count). The fourth-order valence-corrected chi connectivity index (χ4v) is 5.26. The van der Waals surface area contributed by atoms with Crippen LogP contribution in [0.15, 0.2) is 41.3 Å². The van der Waals surface area contributed by atoms with Gasteiger partial charge in [0.25, 0.3) is 11.8 Å². The van der Waals surface area contributed by atoms with E-state index in [0.717, 1.165) is 18.4 Å². The van der Waals surface area contributed by atoms with Gasteiger partial charge in [0.05, 0.1) is 22.9 Å². The van der Waals surface area contributed by atoms with Gasteiger partial charge in [-0.25, -0.2) is 13.1 Å². The molecule has 2 amide bonds. The molecule has 0 unspecified atom stereocenters. The molecule has 0 saturated carbocycles. The minimum Gasteiger partial charge on any atom is -0.482 e. The van der Waals surface area contributed by atoms with Crippen molar-refractivity contribution in [3.8, 4) is 5.75 Å². The number of fused-ring (bicyclic) bond motifs is 1. The first kappa shape index (κ1) is 23.5. The predicted octanol–water partition coefficient (Wildman–Crippen LogP) is 2.62. The van der Waals surface area contributed by atoms with Gasteiger partial charge in [-0.15, -0.1) is 0 Å². The smallest absolute Gasteiger partial charge is 0.262 e. The highest BCUT2D eigenvalue weighted by Crippen LogP contribution is 2.31. The van der Waals surface area contributed by atoms with Gasteiger partial charge in [-0.2, -0.15) is 0 Å². The molecule has 0 radical (unpaired) electrons. The summed E-state index contributed by atoms with van der Waals surface area (Å²) < 4.78 is 38.8. The summed E-state index contributed by atoms with van der Waals surface area (Å²) in [6.45, 7) is 2.50. The third-order valence-electron chi connectivity index (χ3n) is 5.49. The maximum Gasteiger partial charge on any atom is 0.262 e. The van der Waals surface area contributed by atoms with Crippen LogP contribution in [0, 0.1) is 0 Å². The molecule has 2 aromatic carbocycles. The van der Waals surface area contributed by atoms with E-state index in [1.165, 1.54) is 18.2 Å². The highest BCUT2D eigenvalue weighted by molar-refractivity contribution is 7.89. The summed E-state index contributed by atoms with van der Waals surface area (Å²) in [5.41, 5.74) is 1.42. The molecule has 2 heterocycles. The number of carbonyl (C=O) groups excluding carboxylic acids is 2. The van der Waals surface area contributed by atoms with Crippen LogP contribution in [0.4, 0.5) is 5.69 Å². The molecule has 2 aromatic rings. The maximum absolute atomic E-state index is 12.8. The zero-order chi connectivity index (χ0) is 23.6. The molecule has 11 heteroatoms. The Labute approximate surface area is 196 Å². The van der Waals surface area contributed by atoms with Crippen LogP contribution in [0.2, 0.25) is 5.02 Å². The van der Waals surface area contributed by atoms with Crippen LogP contribution in [0.25, 0.3) is 0 Å². The second-order valence-corrected chi connectivity index (χ2v) is 10.1. The van der Waals surface area contributed by atoms with Crippen LogP contribution < -0.4 is 20.1 Å². The van der Waals surface area contributed by atoms with Crippen molar-refractivity contribution in [3.63, 3.8) is 0 Å². The van der Waals surface area contributed by atoms with E-state index in [0.29, 0.717) is 18.0 Å². The van der Waals surface area contributed by atoms with Crippen molar-refractivity contribution in [2.24, 2.45) is 0 Å². The molecule has 1 fully saturated rings. The molecule has 1 saturated heterocycles. The zero-order valence-electron chi connectivity index (χ0n) is 17.9. The summed E-state index contributed by atoms with van der Waals surface area (Å²) in [5.74, 6) is -0.160. The Morgan fingerprint density at radius 1 is 1.27 bits per heavy atom. The molecule has 33 heavy (non-hydrogen) atoms. The number of carbonyl (C=O) groups is 2. The Hall–Kier alpha value is -2.66. The monoisotopic (exact) mass is 493 g/mol. The fourth-order valence-electron chi connectivity index (χ4n) is 3.67. The van der Waals surface area contributed by atoms with Crippen molar-refractivity contribution in [3.05, 3.63) is 52.5 Å². The Bertz CT molecular complexity index is 1180. The van der Waals surface area contributed by atoms with E-state index in [1.54, 1.807) is 25.1 Å². The first-order chi connectivity index (χ1) is 15.7. The van der Waals surface area contributed by atoms with E-state index in [1.807, 2.05) is 0 Å². The Kier molecular flexibility index (Phi) is 6.89. The van der Waals surface area contributed by atoms with Crippen molar-refractivity contribution in [2.75, 3.05) is 25.1 Å². The number of ether oxygens (including phenoxy) is 2. The number of anilines is 1. The minimum absolute atomic E-state index is 0.0184. The maximum atomic E-state index is 12.8. The SMILES string of the molecule is C[C@H](NC(=O)c1ccc(Cl)c(S(=O)(=O)NC[C@H]2CCCO2)c1)c1ccc2c(c1)NC(=O)CO2. The Morgan fingerprint density at radius 3 is 2.85 bits per heavy atom. The molecule has 9 nitrogen and oxygen atoms in total. The van der Waals surface area contributed by atoms with Crippen molar-refractivity contribution >= 4 is 39.1 Å². The molecule has 0 spiro atoms. The zero-order valence-corrected chi connectivity index (χ0v) is 19.5. The van der Waals surface area contributed by atoms with E-state index < -0.39 is 22.0 Å². The lowest BCUT2D eigenvalue weighted by molar-refractivity contribution is -0.118. The normalized spacial score (nSPS) is 18.7. The van der Waals surface area contributed by atoms with Gasteiger partial charge in [0.1, 0.15) is 10.6 Å². The molecule has 2 aliphatic heterocycles. The lowest BCUT2D eigenvalue weighted by Gasteiger charge is -2.21. The Morgan fingerprint density at radius 2 is 2.09 bits per heavy atom. The summed E-state index contributed by atoms with van der Waals surface area (Å²) >= 11 is 6.13. The largest absolute Gasteiger partial charge is 0.482 e. The summed E-state index contributed by atoms with van der Waals surface area (Å²) in [5, 5.41) is 5.58. The standard InChI is InChI=1S/C22H24ClN3O6S/c1-13(14-5-7-19-18(9-14)26-21(27)12-32-19)25-22(28)15-4-6-17(23)20(10-15)33(29,30)24-11-16-3-2-8-31-16/h4-7,9-10,13,16,24H,2-3,8,11-12H2,1H3,(H,25,28)(H,26,27)/t13-,16+/m0/s1. The lowest BCUT2D eigenvalue weighted by Crippen LogP contribution is -2.32. The third kappa shape index (κ3) is 5.47. The van der Waals surface area contributed by atoms with Crippen LogP contribution >= 0.6 is 11.6 Å². The fraction of sp³-hybridized carbons (Fsp3) is 0.364. The molecular formula is C22H24ClN3O6S. The van der Waals surface area contributed by atoms with Crippen LogP contribution in [0.1, 0.15) is 41.7 Å². The highest BCUT2D eigenvalue weighted by Gasteiger charge is 2.24. The van der Waals surface area contributed by atoms with Crippen LogP contribution in [-0.4, -0.2) is 46.1 Å². The molecule has 2 atom stereocenters. The molecule has 0 aromatic heterocycles. The number of benzene rings is 2. The molecule has 0 aliphatic carbocycles. The van der Waals surface area contributed by atoms with Crippen molar-refractivity contribution in [1.82, 2.24) is 10.0 Å². The van der Waals surface area contributed by atoms with Gasteiger partial charge in [0.15, 0.2) is 6.61 Å². The van der Waals surface area contributed by atoms with Gasteiger partial charge in [0.2, 0.25) is 10.0 Å². The molecule has 2 aliphatic rings. The van der Waals surface area contributed by atoms with E-state index >= 15 is 0 Å². The molecular weight excluding hydrogens is 470 g/mol. The van der Waals surface area contributed by atoms with Crippen molar-refractivity contribution in [1.29, 1.82) is 0 Å². The number of hydrogen-bond donors (Lipinski definition) is 3. The van der Waals surface area contributed by atoms with E-state index in [4.69, 9.17) is 21.1 Å². The van der Waals surface area contributed by atoms with Crippen LogP contribution in [-0.2, 0) is 19.6 Å². The van der Waals surface area contributed by atoms with Gasteiger partial charge < -0.3 is 20.1 Å². The van der Waals surface area contributed by atoms with Gasteiger partial charge in [-0.1, -0.05) is 17.7 Å². The average Bonchev–Trinajstić information content (AvgIpc) is 3.31. The number of nitrogens with one attached hydrogen (secondary N) is 3. The lowest BCUT2D eigenvalue weighted by atomic mass is 10.1. The summed E-state index contributed by atoms with van der Waals surface area (Å²) in [4.78, 5) is 24.2. The third-order valence-corrected chi connectivity index (χ3v) is 7.40. The van der Waals surface area contributed by atoms with Crippen molar-refractivity contribution < 1.29 is 27.5 Å². The molecule has 3 N–H and O–H groups in total. The predicted molar refractivity (Wildman–Crippen MR) is 122 cm³/mol. The molecule has 0 bridgehead atoms. The van der Waals surface area contributed by atoms with Crippen molar-refractivity contribution in [2.45, 2.75) is 36.8 Å². The van der Waals surface area contributed by atoms with E-state index in [9.17, 15) is 18.0 Å².